The summed E-state index contributed by atoms with van der Waals surface area (Å²) in [5.41, 5.74) is -0.655. The first-order valence-electron chi connectivity index (χ1n) is 14.4. The van der Waals surface area contributed by atoms with Crippen molar-refractivity contribution in [2.45, 2.75) is 83.6 Å². The number of hydrogen-bond acceptors (Lipinski definition) is 8. The Balaban J connectivity index is 1.96. The fourth-order valence-corrected chi connectivity index (χ4v) is 4.70. The van der Waals surface area contributed by atoms with Crippen molar-refractivity contribution in [2.24, 2.45) is 4.99 Å². The van der Waals surface area contributed by atoms with E-state index in [-0.39, 0.29) is 31.5 Å². The van der Waals surface area contributed by atoms with Crippen LogP contribution in [0.5, 0.6) is 5.75 Å². The number of aliphatic hydroxyl groups is 1. The maximum Gasteiger partial charge on any atom is 0.306 e. The number of amides is 1. The smallest absolute Gasteiger partial charge is 0.306 e. The van der Waals surface area contributed by atoms with E-state index in [2.05, 4.69) is 21.2 Å². The van der Waals surface area contributed by atoms with Gasteiger partial charge in [-0.05, 0) is 89.4 Å². The van der Waals surface area contributed by atoms with Crippen LogP contribution >= 0.6 is 15.9 Å². The van der Waals surface area contributed by atoms with Crippen LogP contribution in [0.4, 0.5) is 0 Å². The molecule has 1 aliphatic rings. The van der Waals surface area contributed by atoms with Crippen molar-refractivity contribution >= 4 is 33.7 Å². The van der Waals surface area contributed by atoms with Crippen molar-refractivity contribution in [2.75, 3.05) is 26.4 Å². The van der Waals surface area contributed by atoms with E-state index >= 15 is 0 Å². The summed E-state index contributed by atoms with van der Waals surface area (Å²) in [6.45, 7) is 10.7. The molecule has 0 fully saturated rings. The van der Waals surface area contributed by atoms with Gasteiger partial charge in [-0.2, -0.15) is 0 Å². The number of aliphatic imine (C=N–C) groups is 1. The van der Waals surface area contributed by atoms with Gasteiger partial charge in [-0.15, -0.1) is 0 Å². The van der Waals surface area contributed by atoms with Gasteiger partial charge in [0.2, 0.25) is 5.90 Å². The maximum atomic E-state index is 14.0. The van der Waals surface area contributed by atoms with Crippen LogP contribution < -0.4 is 10.1 Å². The highest BCUT2D eigenvalue weighted by atomic mass is 79.9. The highest BCUT2D eigenvalue weighted by molar-refractivity contribution is 9.10. The standard InChI is InChI=1S/C32H43BrN2O7/c1-22(2)39-20-6-18-34-30(38)32(17-16-27(37)42-31(3,4)5)28(23-8-12-25(33)13-9-23)41-29(35-32)24-10-14-26(15-11-24)40-21-7-19-36/h8-15,22,28,36H,6-7,16-21H2,1-5H3,(H,34,38)/t28-,32-/m1/s1. The molecule has 2 N–H and O–H groups in total. The van der Waals surface area contributed by atoms with Crippen molar-refractivity contribution in [1.82, 2.24) is 5.32 Å². The lowest BCUT2D eigenvalue weighted by atomic mass is 9.83. The Hall–Kier alpha value is -2.95. The van der Waals surface area contributed by atoms with Gasteiger partial charge in [-0.25, -0.2) is 4.99 Å². The second kappa shape index (κ2) is 15.5. The molecule has 0 spiro atoms. The minimum Gasteiger partial charge on any atom is -0.494 e. The molecular weight excluding hydrogens is 604 g/mol. The molecule has 1 amide bonds. The molecule has 0 saturated heterocycles. The van der Waals surface area contributed by atoms with Crippen LogP contribution in [0.25, 0.3) is 0 Å². The third-order valence-corrected chi connectivity index (χ3v) is 6.92. The number of esters is 1. The van der Waals surface area contributed by atoms with Crippen molar-refractivity contribution < 1.29 is 33.6 Å². The number of aliphatic hydroxyl groups excluding tert-OH is 1. The number of benzene rings is 2. The molecule has 2 atom stereocenters. The normalized spacial score (nSPS) is 18.4. The zero-order valence-corrected chi connectivity index (χ0v) is 26.7. The van der Waals surface area contributed by atoms with E-state index in [9.17, 15) is 9.59 Å². The van der Waals surface area contributed by atoms with Crippen molar-refractivity contribution in [3.05, 3.63) is 64.1 Å². The average Bonchev–Trinajstić information content (AvgIpc) is 3.32. The molecule has 0 unspecified atom stereocenters. The molecular formula is C32H43BrN2O7. The lowest BCUT2D eigenvalue weighted by Crippen LogP contribution is -2.49. The molecule has 10 heteroatoms. The first kappa shape index (κ1) is 33.6. The minimum atomic E-state index is -1.42. The summed E-state index contributed by atoms with van der Waals surface area (Å²) < 4.78 is 24.2. The van der Waals surface area contributed by atoms with Crippen LogP contribution in [0.15, 0.2) is 58.0 Å². The summed E-state index contributed by atoms with van der Waals surface area (Å²) in [7, 11) is 0. The molecule has 1 aliphatic heterocycles. The van der Waals surface area contributed by atoms with Crippen LogP contribution in [0.1, 0.15) is 77.5 Å². The van der Waals surface area contributed by atoms with Gasteiger partial charge in [0.05, 0.1) is 12.7 Å². The van der Waals surface area contributed by atoms with Crippen molar-refractivity contribution in [3.63, 3.8) is 0 Å². The fourth-order valence-electron chi connectivity index (χ4n) is 4.44. The number of hydrogen-bond donors (Lipinski definition) is 2. The molecule has 9 nitrogen and oxygen atoms in total. The van der Waals surface area contributed by atoms with E-state index in [4.69, 9.17) is 29.0 Å². The van der Waals surface area contributed by atoms with Crippen molar-refractivity contribution in [1.29, 1.82) is 0 Å². The van der Waals surface area contributed by atoms with Gasteiger partial charge in [0, 0.05) is 42.6 Å². The second-order valence-electron chi connectivity index (χ2n) is 11.5. The van der Waals surface area contributed by atoms with Gasteiger partial charge in [0.1, 0.15) is 11.4 Å². The van der Waals surface area contributed by atoms with Crippen LogP contribution in [-0.2, 0) is 23.8 Å². The topological polar surface area (TPSA) is 116 Å². The Kier molecular flexibility index (Phi) is 12.4. The fraction of sp³-hybridized carbons (Fsp3) is 0.531. The largest absolute Gasteiger partial charge is 0.494 e. The van der Waals surface area contributed by atoms with E-state index in [1.54, 1.807) is 12.1 Å². The van der Waals surface area contributed by atoms with Gasteiger partial charge in [0.25, 0.3) is 5.91 Å². The molecule has 0 saturated carbocycles. The number of ether oxygens (including phenoxy) is 4. The SMILES string of the molecule is CC(C)OCCCNC(=O)[C@]1(CCC(=O)OC(C)(C)C)N=C(c2ccc(OCCCO)cc2)O[C@@H]1c1ccc(Br)cc1. The van der Waals surface area contributed by atoms with E-state index in [1.807, 2.05) is 71.0 Å². The molecule has 2 aromatic rings. The molecule has 2 aromatic carbocycles. The Morgan fingerprint density at radius 1 is 1.07 bits per heavy atom. The quantitative estimate of drug-likeness (QED) is 0.193. The molecule has 42 heavy (non-hydrogen) atoms. The van der Waals surface area contributed by atoms with Gasteiger partial charge in [0.15, 0.2) is 11.6 Å². The highest BCUT2D eigenvalue weighted by Crippen LogP contribution is 2.43. The number of halogens is 1. The Labute approximate surface area is 257 Å². The van der Waals surface area contributed by atoms with E-state index in [0.29, 0.717) is 49.8 Å². The van der Waals surface area contributed by atoms with Crippen LogP contribution in [0.3, 0.4) is 0 Å². The molecule has 1 heterocycles. The third-order valence-electron chi connectivity index (χ3n) is 6.39. The maximum absolute atomic E-state index is 14.0. The number of nitrogens with zero attached hydrogens (tertiary/aromatic N) is 1. The van der Waals surface area contributed by atoms with E-state index in [1.165, 1.54) is 0 Å². The monoisotopic (exact) mass is 646 g/mol. The Bertz CT molecular complexity index is 1190. The number of nitrogens with one attached hydrogen (secondary N) is 1. The van der Waals surface area contributed by atoms with E-state index in [0.717, 1.165) is 10.0 Å². The van der Waals surface area contributed by atoms with E-state index < -0.39 is 23.2 Å². The molecule has 0 aromatic heterocycles. The van der Waals surface area contributed by atoms with Gasteiger partial charge < -0.3 is 29.4 Å². The Morgan fingerprint density at radius 3 is 2.38 bits per heavy atom. The summed E-state index contributed by atoms with van der Waals surface area (Å²) >= 11 is 3.48. The zero-order chi connectivity index (χ0) is 30.8. The first-order chi connectivity index (χ1) is 19.9. The summed E-state index contributed by atoms with van der Waals surface area (Å²) in [4.78, 5) is 31.8. The van der Waals surface area contributed by atoms with Crippen LogP contribution in [0, 0.1) is 0 Å². The third kappa shape index (κ3) is 9.81. The van der Waals surface area contributed by atoms with Crippen LogP contribution in [0.2, 0.25) is 0 Å². The molecule has 230 valence electrons. The van der Waals surface area contributed by atoms with Gasteiger partial charge >= 0.3 is 5.97 Å². The number of rotatable bonds is 15. The highest BCUT2D eigenvalue weighted by Gasteiger charge is 2.53. The predicted octanol–water partition coefficient (Wildman–Crippen LogP) is 5.52. The molecule has 0 aliphatic carbocycles. The summed E-state index contributed by atoms with van der Waals surface area (Å²) in [5.74, 6) is 0.199. The summed E-state index contributed by atoms with van der Waals surface area (Å²) in [6, 6.07) is 14.8. The molecule has 3 rings (SSSR count). The van der Waals surface area contributed by atoms with Crippen LogP contribution in [-0.4, -0.2) is 66.5 Å². The van der Waals surface area contributed by atoms with Gasteiger partial charge in [-0.1, -0.05) is 28.1 Å². The first-order valence-corrected chi connectivity index (χ1v) is 15.2. The predicted molar refractivity (Wildman–Crippen MR) is 165 cm³/mol. The second-order valence-corrected chi connectivity index (χ2v) is 12.4. The lowest BCUT2D eigenvalue weighted by molar-refractivity contribution is -0.155. The minimum absolute atomic E-state index is 0.0219. The van der Waals surface area contributed by atoms with Gasteiger partial charge in [-0.3, -0.25) is 9.59 Å². The lowest BCUT2D eigenvalue weighted by Gasteiger charge is -2.31. The molecule has 0 bridgehead atoms. The zero-order valence-electron chi connectivity index (χ0n) is 25.2. The summed E-state index contributed by atoms with van der Waals surface area (Å²) in [5, 5.41) is 12.0. The number of carbonyl (C=O) groups excluding carboxylic acids is 2. The summed E-state index contributed by atoms with van der Waals surface area (Å²) in [6.07, 6.45) is 0.546. The number of carbonyl (C=O) groups is 2. The Morgan fingerprint density at radius 2 is 1.76 bits per heavy atom. The van der Waals surface area contributed by atoms with Crippen molar-refractivity contribution in [3.8, 4) is 5.75 Å². The molecule has 0 radical (unpaired) electrons. The average molecular weight is 648 g/mol.